The summed E-state index contributed by atoms with van der Waals surface area (Å²) in [6.45, 7) is 2.74. The van der Waals surface area contributed by atoms with Crippen LogP contribution in [-0.4, -0.2) is 49.3 Å². The lowest BCUT2D eigenvalue weighted by Crippen LogP contribution is -2.52. The van der Waals surface area contributed by atoms with E-state index in [4.69, 9.17) is 9.72 Å². The Balaban J connectivity index is 1.60. The molecule has 9 nitrogen and oxygen atoms in total. The Kier molecular flexibility index (Phi) is 4.59. The van der Waals surface area contributed by atoms with E-state index in [2.05, 4.69) is 36.0 Å². The molecule has 0 saturated carbocycles. The van der Waals surface area contributed by atoms with Crippen molar-refractivity contribution in [3.05, 3.63) is 24.2 Å². The number of nitrogens with one attached hydrogen (secondary N) is 2. The number of hydrogen-bond donors (Lipinski definition) is 2. The molecule has 5 heterocycles. The lowest BCUT2D eigenvalue weighted by Gasteiger charge is -2.45. The first-order chi connectivity index (χ1) is 14.6. The van der Waals surface area contributed by atoms with E-state index in [1.165, 1.54) is 12.8 Å². The molecule has 2 unspecified atom stereocenters. The van der Waals surface area contributed by atoms with Crippen molar-refractivity contribution in [3.8, 4) is 11.8 Å². The van der Waals surface area contributed by atoms with Gasteiger partial charge >= 0.3 is 0 Å². The summed E-state index contributed by atoms with van der Waals surface area (Å²) in [7, 11) is 1.65. The number of nitriles is 1. The van der Waals surface area contributed by atoms with Gasteiger partial charge in [0.25, 0.3) is 0 Å². The molecule has 0 spiro atoms. The van der Waals surface area contributed by atoms with Crippen LogP contribution in [0, 0.1) is 18.3 Å². The Morgan fingerprint density at radius 3 is 3.00 bits per heavy atom. The van der Waals surface area contributed by atoms with Crippen LogP contribution in [0.5, 0.6) is 5.75 Å². The fourth-order valence-electron chi connectivity index (χ4n) is 5.27. The van der Waals surface area contributed by atoms with Gasteiger partial charge in [-0.1, -0.05) is 0 Å². The first-order valence-electron chi connectivity index (χ1n) is 10.5. The molecule has 2 fully saturated rings. The van der Waals surface area contributed by atoms with Crippen LogP contribution >= 0.6 is 0 Å². The molecule has 0 aromatic carbocycles. The van der Waals surface area contributed by atoms with E-state index in [0.717, 1.165) is 42.7 Å². The number of imidazole rings is 1. The average Bonchev–Trinajstić information content (AvgIpc) is 3.41. The number of anilines is 2. The highest BCUT2D eigenvalue weighted by Crippen LogP contribution is 2.48. The summed E-state index contributed by atoms with van der Waals surface area (Å²) in [4.78, 5) is 12.1. The lowest BCUT2D eigenvalue weighted by molar-refractivity contribution is -0.00250. The number of ether oxygens (including phenoxy) is 1. The zero-order valence-electron chi connectivity index (χ0n) is 17.4. The maximum absolute atomic E-state index is 9.18. The second kappa shape index (κ2) is 7.29. The Hall–Kier alpha value is -3.12. The third-order valence-electron chi connectivity index (χ3n) is 6.53. The van der Waals surface area contributed by atoms with Gasteiger partial charge in [-0.05, 0) is 39.0 Å². The van der Waals surface area contributed by atoms with Crippen LogP contribution in [-0.2, 0) is 5.66 Å². The Morgan fingerprint density at radius 2 is 2.23 bits per heavy atom. The average molecular weight is 406 g/mol. The van der Waals surface area contributed by atoms with E-state index in [0.29, 0.717) is 29.8 Å². The number of rotatable bonds is 6. The molecule has 5 rings (SSSR count). The molecule has 2 aliphatic rings. The molecular weight excluding hydrogens is 380 g/mol. The molecular formula is C21H26N8O. The number of aryl methyl sites for hydroxylation is 1. The standard InChI is InChI=1S/C21H26N8O/c1-14-11-18(27-26-14)24-17-12-16(30-2)19-20(25-17)29(13-23-19)21-7-3-5-15(6-8-21)28(21)10-4-9-22/h11-13,15H,3-8,10H2,1-2H3,(H2,24,25,26,27). The highest BCUT2D eigenvalue weighted by Gasteiger charge is 2.50. The van der Waals surface area contributed by atoms with Crippen molar-refractivity contribution in [1.82, 2.24) is 29.6 Å². The van der Waals surface area contributed by atoms with Gasteiger partial charge in [-0.2, -0.15) is 10.4 Å². The number of hydrogen-bond acceptors (Lipinski definition) is 7. The predicted molar refractivity (Wildman–Crippen MR) is 112 cm³/mol. The van der Waals surface area contributed by atoms with Gasteiger partial charge in [0.15, 0.2) is 17.2 Å². The summed E-state index contributed by atoms with van der Waals surface area (Å²) in [6, 6.07) is 6.63. The van der Waals surface area contributed by atoms with Gasteiger partial charge in [0.1, 0.15) is 17.0 Å². The second-order valence-electron chi connectivity index (χ2n) is 8.23. The van der Waals surface area contributed by atoms with E-state index in [1.54, 1.807) is 7.11 Å². The van der Waals surface area contributed by atoms with Crippen molar-refractivity contribution in [1.29, 1.82) is 5.26 Å². The van der Waals surface area contributed by atoms with Gasteiger partial charge in [-0.15, -0.1) is 0 Å². The van der Waals surface area contributed by atoms with Crippen molar-refractivity contribution in [2.24, 2.45) is 0 Å². The predicted octanol–water partition coefficient (Wildman–Crippen LogP) is 3.43. The minimum atomic E-state index is -0.173. The van der Waals surface area contributed by atoms with E-state index in [1.807, 2.05) is 25.4 Å². The van der Waals surface area contributed by atoms with Crippen molar-refractivity contribution in [3.63, 3.8) is 0 Å². The number of nitrogens with zero attached hydrogens (tertiary/aromatic N) is 6. The molecule has 9 heteroatoms. The van der Waals surface area contributed by atoms with Crippen molar-refractivity contribution in [2.45, 2.75) is 57.2 Å². The number of pyridine rings is 1. The third-order valence-corrected chi connectivity index (χ3v) is 6.53. The van der Waals surface area contributed by atoms with Crippen LogP contribution in [0.15, 0.2) is 18.5 Å². The fourth-order valence-corrected chi connectivity index (χ4v) is 5.27. The minimum absolute atomic E-state index is 0.173. The van der Waals surface area contributed by atoms with Crippen LogP contribution in [0.4, 0.5) is 11.6 Å². The summed E-state index contributed by atoms with van der Waals surface area (Å²) in [6.07, 6.45) is 8.04. The highest BCUT2D eigenvalue weighted by atomic mass is 16.5. The molecule has 0 aliphatic carbocycles. The SMILES string of the molecule is COc1cc(Nc2cc(C)[nH]n2)nc2c1ncn2C12CCCC(CC1)N2CCC#N. The molecule has 3 aromatic rings. The number of H-pyrrole nitrogens is 1. The number of piperidine rings is 1. The van der Waals surface area contributed by atoms with Gasteiger partial charge in [-0.3, -0.25) is 14.6 Å². The first-order valence-corrected chi connectivity index (χ1v) is 10.5. The van der Waals surface area contributed by atoms with Crippen molar-refractivity contribution < 1.29 is 4.74 Å². The molecule has 0 radical (unpaired) electrons. The molecule has 0 amide bonds. The topological polar surface area (TPSA) is 108 Å². The monoisotopic (exact) mass is 406 g/mol. The molecule has 30 heavy (non-hydrogen) atoms. The van der Waals surface area contributed by atoms with Crippen molar-refractivity contribution in [2.75, 3.05) is 19.0 Å². The zero-order chi connectivity index (χ0) is 20.7. The zero-order valence-corrected chi connectivity index (χ0v) is 17.4. The largest absolute Gasteiger partial charge is 0.494 e. The summed E-state index contributed by atoms with van der Waals surface area (Å²) in [5, 5.41) is 19.6. The first kappa shape index (κ1) is 18.9. The van der Waals surface area contributed by atoms with E-state index < -0.39 is 0 Å². The van der Waals surface area contributed by atoms with Gasteiger partial charge in [-0.25, -0.2) is 9.97 Å². The molecule has 2 saturated heterocycles. The Bertz CT molecular complexity index is 1110. The van der Waals surface area contributed by atoms with Crippen molar-refractivity contribution >= 4 is 22.8 Å². The van der Waals surface area contributed by atoms with Gasteiger partial charge in [0, 0.05) is 36.8 Å². The summed E-state index contributed by atoms with van der Waals surface area (Å²) in [5.41, 5.74) is 2.36. The van der Waals surface area contributed by atoms with Crippen LogP contribution < -0.4 is 10.1 Å². The normalized spacial score (nSPS) is 23.6. The molecule has 156 valence electrons. The highest BCUT2D eigenvalue weighted by molar-refractivity contribution is 5.81. The lowest BCUT2D eigenvalue weighted by atomic mass is 9.96. The van der Waals surface area contributed by atoms with E-state index in [-0.39, 0.29) is 5.66 Å². The summed E-state index contributed by atoms with van der Waals surface area (Å²) in [5.74, 6) is 2.05. The number of methoxy groups -OCH3 is 1. The smallest absolute Gasteiger partial charge is 0.167 e. The van der Waals surface area contributed by atoms with Gasteiger partial charge in [0.2, 0.25) is 0 Å². The number of fused-ring (bicyclic) bond motifs is 3. The maximum Gasteiger partial charge on any atom is 0.167 e. The third kappa shape index (κ3) is 2.91. The molecule has 3 aromatic heterocycles. The number of aromatic amines is 1. The van der Waals surface area contributed by atoms with E-state index >= 15 is 0 Å². The van der Waals surface area contributed by atoms with Crippen LogP contribution in [0.1, 0.15) is 44.2 Å². The van der Waals surface area contributed by atoms with Gasteiger partial charge < -0.3 is 10.1 Å². The van der Waals surface area contributed by atoms with Crippen LogP contribution in [0.2, 0.25) is 0 Å². The molecule has 2 aliphatic heterocycles. The molecule has 2 atom stereocenters. The summed E-state index contributed by atoms with van der Waals surface area (Å²) < 4.78 is 7.86. The molecule has 2 bridgehead atoms. The quantitative estimate of drug-likeness (QED) is 0.646. The van der Waals surface area contributed by atoms with Crippen LogP contribution in [0.3, 0.4) is 0 Å². The second-order valence-corrected chi connectivity index (χ2v) is 8.23. The Morgan fingerprint density at radius 1 is 1.33 bits per heavy atom. The summed E-state index contributed by atoms with van der Waals surface area (Å²) >= 11 is 0. The number of aromatic nitrogens is 5. The Labute approximate surface area is 175 Å². The molecule has 2 N–H and O–H groups in total. The van der Waals surface area contributed by atoms with Gasteiger partial charge in [0.05, 0.1) is 19.5 Å². The van der Waals surface area contributed by atoms with E-state index in [9.17, 15) is 5.26 Å². The van der Waals surface area contributed by atoms with Crippen LogP contribution in [0.25, 0.3) is 11.2 Å². The fraction of sp³-hybridized carbons (Fsp3) is 0.524. The maximum atomic E-state index is 9.18. The minimum Gasteiger partial charge on any atom is -0.494 e.